The van der Waals surface area contributed by atoms with E-state index in [9.17, 15) is 18.0 Å². The first-order chi connectivity index (χ1) is 12.3. The zero-order valence-corrected chi connectivity index (χ0v) is 15.8. The number of hydrogen-bond acceptors (Lipinski definition) is 4. The molecule has 26 heavy (non-hydrogen) atoms. The van der Waals surface area contributed by atoms with Gasteiger partial charge in [0.05, 0.1) is 0 Å². The van der Waals surface area contributed by atoms with E-state index >= 15 is 0 Å². The van der Waals surface area contributed by atoms with Crippen molar-refractivity contribution in [2.45, 2.75) is 38.6 Å². The molecule has 2 fully saturated rings. The highest BCUT2D eigenvalue weighted by Gasteiger charge is 2.42. The van der Waals surface area contributed by atoms with Crippen molar-refractivity contribution in [3.8, 4) is 0 Å². The molecule has 3 rings (SSSR count). The van der Waals surface area contributed by atoms with Crippen LogP contribution in [0.4, 0.5) is 5.69 Å². The fourth-order valence-electron chi connectivity index (χ4n) is 4.48. The van der Waals surface area contributed by atoms with Gasteiger partial charge in [0, 0.05) is 11.7 Å². The molecule has 2 saturated carbocycles. The Morgan fingerprint density at radius 2 is 1.77 bits per heavy atom. The number of carbonyl (C=O) groups is 2. The molecule has 2 bridgehead atoms. The van der Waals surface area contributed by atoms with Crippen molar-refractivity contribution < 1.29 is 18.0 Å². The molecular formula is C19H26N2O4S. The van der Waals surface area contributed by atoms with E-state index in [0.717, 1.165) is 12.3 Å². The number of rotatable bonds is 7. The van der Waals surface area contributed by atoms with Crippen molar-refractivity contribution in [1.29, 1.82) is 0 Å². The molecule has 0 saturated heterocycles. The summed E-state index contributed by atoms with van der Waals surface area (Å²) in [6, 6.07) is 8.62. The van der Waals surface area contributed by atoms with Gasteiger partial charge in [0.1, 0.15) is 11.5 Å². The number of anilines is 1. The standard InChI is InChI=1S/C19H26N2O4S/c1-13(17-10-14-7-8-15(17)9-14)20-18(22)11-26(24,25)12-19(23)21-16-5-3-2-4-6-16/h2-6,13-15,17H,7-12H2,1H3,(H,20,22)(H,21,23). The Morgan fingerprint density at radius 1 is 1.08 bits per heavy atom. The lowest BCUT2D eigenvalue weighted by molar-refractivity contribution is -0.119. The second-order valence-corrected chi connectivity index (χ2v) is 9.71. The molecule has 2 N–H and O–H groups in total. The zero-order valence-electron chi connectivity index (χ0n) is 15.0. The third kappa shape index (κ3) is 4.84. The highest BCUT2D eigenvalue weighted by molar-refractivity contribution is 7.92. The normalized spacial score (nSPS) is 25.7. The van der Waals surface area contributed by atoms with E-state index in [1.54, 1.807) is 30.3 Å². The number of benzene rings is 1. The Balaban J connectivity index is 1.47. The second-order valence-electron chi connectivity index (χ2n) is 7.64. The molecule has 7 heteroatoms. The van der Waals surface area contributed by atoms with Crippen LogP contribution in [0.15, 0.2) is 30.3 Å². The smallest absolute Gasteiger partial charge is 0.239 e. The van der Waals surface area contributed by atoms with E-state index in [-0.39, 0.29) is 6.04 Å². The first-order valence-corrected chi connectivity index (χ1v) is 11.0. The minimum Gasteiger partial charge on any atom is -0.352 e. The summed E-state index contributed by atoms with van der Waals surface area (Å²) in [7, 11) is -3.80. The Hall–Kier alpha value is -1.89. The van der Waals surface area contributed by atoms with Crippen molar-refractivity contribution in [2.75, 3.05) is 16.8 Å². The minimum atomic E-state index is -3.80. The summed E-state index contributed by atoms with van der Waals surface area (Å²) in [4.78, 5) is 24.1. The topological polar surface area (TPSA) is 92.3 Å². The zero-order chi connectivity index (χ0) is 18.7. The van der Waals surface area contributed by atoms with E-state index in [1.165, 1.54) is 19.3 Å². The van der Waals surface area contributed by atoms with Gasteiger partial charge in [-0.1, -0.05) is 24.6 Å². The SMILES string of the molecule is CC(NC(=O)CS(=O)(=O)CC(=O)Nc1ccccc1)C1CC2CCC1C2. The van der Waals surface area contributed by atoms with Crippen molar-refractivity contribution in [2.24, 2.45) is 17.8 Å². The quantitative estimate of drug-likeness (QED) is 0.759. The summed E-state index contributed by atoms with van der Waals surface area (Å²) < 4.78 is 24.3. The average molecular weight is 378 g/mol. The highest BCUT2D eigenvalue weighted by atomic mass is 32.2. The largest absolute Gasteiger partial charge is 0.352 e. The molecule has 4 atom stereocenters. The number of fused-ring (bicyclic) bond motifs is 2. The number of carbonyl (C=O) groups excluding carboxylic acids is 2. The molecule has 1 aromatic rings. The number of para-hydroxylation sites is 1. The van der Waals surface area contributed by atoms with Gasteiger partial charge < -0.3 is 10.6 Å². The van der Waals surface area contributed by atoms with Crippen LogP contribution in [0.25, 0.3) is 0 Å². The van der Waals surface area contributed by atoms with Gasteiger partial charge in [0.2, 0.25) is 11.8 Å². The molecule has 2 aliphatic carbocycles. The van der Waals surface area contributed by atoms with Crippen LogP contribution in [0.3, 0.4) is 0 Å². The van der Waals surface area contributed by atoms with Gasteiger partial charge in [-0.25, -0.2) is 8.42 Å². The monoisotopic (exact) mass is 378 g/mol. The highest BCUT2D eigenvalue weighted by Crippen LogP contribution is 2.49. The van der Waals surface area contributed by atoms with Crippen LogP contribution >= 0.6 is 0 Å². The molecule has 142 valence electrons. The van der Waals surface area contributed by atoms with E-state index in [4.69, 9.17) is 0 Å². The summed E-state index contributed by atoms with van der Waals surface area (Å²) in [5, 5.41) is 5.36. The molecule has 2 amide bonds. The summed E-state index contributed by atoms with van der Waals surface area (Å²) in [5.74, 6) is -0.629. The fourth-order valence-corrected chi connectivity index (χ4v) is 5.53. The van der Waals surface area contributed by atoms with Gasteiger partial charge in [-0.2, -0.15) is 0 Å². The van der Waals surface area contributed by atoms with Crippen molar-refractivity contribution in [3.05, 3.63) is 30.3 Å². The maximum absolute atomic E-state index is 12.2. The first kappa shape index (κ1) is 18.9. The van der Waals surface area contributed by atoms with Crippen LogP contribution in [0, 0.1) is 17.8 Å². The molecule has 0 heterocycles. The lowest BCUT2D eigenvalue weighted by Gasteiger charge is -2.28. The van der Waals surface area contributed by atoms with Crippen molar-refractivity contribution in [1.82, 2.24) is 5.32 Å². The Morgan fingerprint density at radius 3 is 2.38 bits per heavy atom. The second kappa shape index (κ2) is 7.78. The van der Waals surface area contributed by atoms with E-state index in [0.29, 0.717) is 17.5 Å². The molecule has 0 spiro atoms. The predicted molar refractivity (Wildman–Crippen MR) is 100 cm³/mol. The predicted octanol–water partition coefficient (Wildman–Crippen LogP) is 1.98. The number of hydrogen-bond donors (Lipinski definition) is 2. The first-order valence-electron chi connectivity index (χ1n) is 9.17. The van der Waals surface area contributed by atoms with Crippen LogP contribution < -0.4 is 10.6 Å². The van der Waals surface area contributed by atoms with Gasteiger partial charge in [0.15, 0.2) is 9.84 Å². The minimum absolute atomic E-state index is 0.0221. The molecule has 0 aromatic heterocycles. The van der Waals surface area contributed by atoms with Crippen LogP contribution in [-0.2, 0) is 19.4 Å². The number of amides is 2. The van der Waals surface area contributed by atoms with Gasteiger partial charge in [-0.05, 0) is 56.1 Å². The Labute approximate surface area is 154 Å². The molecule has 0 radical (unpaired) electrons. The maximum Gasteiger partial charge on any atom is 0.239 e. The molecule has 2 aliphatic rings. The number of sulfone groups is 1. The van der Waals surface area contributed by atoms with Gasteiger partial charge in [0.25, 0.3) is 0 Å². The maximum atomic E-state index is 12.2. The van der Waals surface area contributed by atoms with Crippen molar-refractivity contribution in [3.63, 3.8) is 0 Å². The summed E-state index contributed by atoms with van der Waals surface area (Å²) in [5.41, 5.74) is 0.530. The summed E-state index contributed by atoms with van der Waals surface area (Å²) in [6.07, 6.45) is 4.86. The van der Waals surface area contributed by atoms with E-state index < -0.39 is 33.2 Å². The Bertz CT molecular complexity index is 763. The van der Waals surface area contributed by atoms with Crippen molar-refractivity contribution >= 4 is 27.3 Å². The lowest BCUT2D eigenvalue weighted by Crippen LogP contribution is -2.43. The molecule has 6 nitrogen and oxygen atoms in total. The van der Waals surface area contributed by atoms with Crippen LogP contribution in [0.5, 0.6) is 0 Å². The summed E-state index contributed by atoms with van der Waals surface area (Å²) >= 11 is 0. The molecular weight excluding hydrogens is 352 g/mol. The Kier molecular flexibility index (Phi) is 5.65. The number of nitrogens with one attached hydrogen (secondary N) is 2. The van der Waals surface area contributed by atoms with E-state index in [1.807, 2.05) is 6.92 Å². The molecule has 4 unspecified atom stereocenters. The van der Waals surface area contributed by atoms with E-state index in [2.05, 4.69) is 10.6 Å². The van der Waals surface area contributed by atoms with Crippen LogP contribution in [-0.4, -0.2) is 37.8 Å². The molecule has 0 aliphatic heterocycles. The molecule has 1 aromatic carbocycles. The van der Waals surface area contributed by atoms with Gasteiger partial charge >= 0.3 is 0 Å². The third-order valence-corrected chi connectivity index (χ3v) is 6.99. The van der Waals surface area contributed by atoms with Crippen LogP contribution in [0.2, 0.25) is 0 Å². The lowest BCUT2D eigenvalue weighted by atomic mass is 9.84. The summed E-state index contributed by atoms with van der Waals surface area (Å²) in [6.45, 7) is 1.96. The van der Waals surface area contributed by atoms with Gasteiger partial charge in [-0.15, -0.1) is 0 Å². The van der Waals surface area contributed by atoms with Gasteiger partial charge in [-0.3, -0.25) is 9.59 Å². The van der Waals surface area contributed by atoms with Crippen LogP contribution in [0.1, 0.15) is 32.6 Å². The fraction of sp³-hybridized carbons (Fsp3) is 0.579. The third-order valence-electron chi connectivity index (χ3n) is 5.58. The average Bonchev–Trinajstić information content (AvgIpc) is 3.17.